The molecule has 3 rings (SSSR count). The van der Waals surface area contributed by atoms with Crippen LogP contribution in [0.1, 0.15) is 10.5 Å². The second-order valence-corrected chi connectivity index (χ2v) is 6.57. The first-order valence-electron chi connectivity index (χ1n) is 6.53. The number of carbonyl (C=O) groups is 1. The van der Waals surface area contributed by atoms with Crippen molar-refractivity contribution in [1.82, 2.24) is 15.6 Å². The van der Waals surface area contributed by atoms with Gasteiger partial charge < -0.3 is 10.6 Å². The molecule has 8 heteroatoms. The number of nitrogens with zero attached hydrogens (tertiary/aromatic N) is 1. The summed E-state index contributed by atoms with van der Waals surface area (Å²) in [5.74, 6) is 0.395. The molecular weight excluding hydrogens is 365 g/mol. The molecule has 2 aromatic rings. The van der Waals surface area contributed by atoms with E-state index in [0.29, 0.717) is 28.2 Å². The predicted molar refractivity (Wildman–Crippen MR) is 93.5 cm³/mol. The van der Waals surface area contributed by atoms with Crippen molar-refractivity contribution < 1.29 is 4.79 Å². The lowest BCUT2D eigenvalue weighted by atomic mass is 10.0. The van der Waals surface area contributed by atoms with Crippen LogP contribution in [-0.2, 0) is 0 Å². The smallest absolute Gasteiger partial charge is 0.270 e. The molecule has 118 valence electrons. The fourth-order valence-electron chi connectivity index (χ4n) is 1.96. The highest BCUT2D eigenvalue weighted by molar-refractivity contribution is 7.13. The quantitative estimate of drug-likeness (QED) is 0.856. The number of halogens is 3. The molecule has 2 heterocycles. The van der Waals surface area contributed by atoms with Crippen LogP contribution in [0.4, 0.5) is 0 Å². The van der Waals surface area contributed by atoms with Gasteiger partial charge in [0.1, 0.15) is 10.7 Å². The van der Waals surface area contributed by atoms with Crippen LogP contribution in [0.5, 0.6) is 0 Å². The first kappa shape index (κ1) is 17.5. The van der Waals surface area contributed by atoms with Gasteiger partial charge in [0.05, 0.1) is 10.0 Å². The van der Waals surface area contributed by atoms with Crippen LogP contribution in [0.25, 0.3) is 10.6 Å². The van der Waals surface area contributed by atoms with Crippen LogP contribution in [-0.4, -0.2) is 30.5 Å². The lowest BCUT2D eigenvalue weighted by Gasteiger charge is -2.26. The minimum atomic E-state index is -0.135. The number of amides is 1. The number of aromatic nitrogens is 1. The van der Waals surface area contributed by atoms with Crippen LogP contribution in [0.15, 0.2) is 23.6 Å². The zero-order chi connectivity index (χ0) is 14.8. The Bertz CT molecular complexity index is 673. The maximum Gasteiger partial charge on any atom is 0.270 e. The molecule has 4 nitrogen and oxygen atoms in total. The summed E-state index contributed by atoms with van der Waals surface area (Å²) in [4.78, 5) is 16.4. The Hall–Kier alpha value is -0.850. The summed E-state index contributed by atoms with van der Waals surface area (Å²) >= 11 is 13.3. The van der Waals surface area contributed by atoms with Gasteiger partial charge in [-0.15, -0.1) is 23.7 Å². The summed E-state index contributed by atoms with van der Waals surface area (Å²) in [6, 6.07) is 5.32. The molecule has 1 aliphatic heterocycles. The van der Waals surface area contributed by atoms with Crippen molar-refractivity contribution in [2.75, 3.05) is 19.6 Å². The highest BCUT2D eigenvalue weighted by Crippen LogP contribution is 2.30. The normalized spacial score (nSPS) is 14.1. The molecule has 1 fully saturated rings. The maximum atomic E-state index is 12.0. The molecule has 0 aliphatic carbocycles. The van der Waals surface area contributed by atoms with Crippen molar-refractivity contribution in [3.05, 3.63) is 39.3 Å². The monoisotopic (exact) mass is 377 g/mol. The molecule has 0 radical (unpaired) electrons. The van der Waals surface area contributed by atoms with Gasteiger partial charge in [-0.1, -0.05) is 29.3 Å². The van der Waals surface area contributed by atoms with E-state index >= 15 is 0 Å². The molecule has 0 spiro atoms. The molecule has 1 aromatic heterocycles. The van der Waals surface area contributed by atoms with Gasteiger partial charge >= 0.3 is 0 Å². The van der Waals surface area contributed by atoms with Crippen molar-refractivity contribution in [3.8, 4) is 10.6 Å². The Labute approximate surface area is 148 Å². The SMILES string of the molecule is Cl.O=C(NCC1CNC1)c1csc(-c2ccc(Cl)c(Cl)c2)n1. The van der Waals surface area contributed by atoms with Crippen LogP contribution >= 0.6 is 46.9 Å². The van der Waals surface area contributed by atoms with Crippen LogP contribution < -0.4 is 10.6 Å². The molecule has 22 heavy (non-hydrogen) atoms. The molecule has 1 aliphatic rings. The number of carbonyl (C=O) groups excluding carboxylic acids is 1. The number of benzene rings is 1. The minimum Gasteiger partial charge on any atom is -0.350 e. The number of hydrogen-bond acceptors (Lipinski definition) is 4. The van der Waals surface area contributed by atoms with E-state index in [4.69, 9.17) is 23.2 Å². The highest BCUT2D eigenvalue weighted by Gasteiger charge is 2.19. The third-order valence-electron chi connectivity index (χ3n) is 3.32. The van der Waals surface area contributed by atoms with E-state index in [0.717, 1.165) is 23.7 Å². The number of nitrogens with one attached hydrogen (secondary N) is 2. The van der Waals surface area contributed by atoms with E-state index in [1.165, 1.54) is 11.3 Å². The summed E-state index contributed by atoms with van der Waals surface area (Å²) in [7, 11) is 0. The van der Waals surface area contributed by atoms with E-state index in [1.54, 1.807) is 17.5 Å². The van der Waals surface area contributed by atoms with Gasteiger partial charge in [0.15, 0.2) is 0 Å². The average molecular weight is 379 g/mol. The van der Waals surface area contributed by atoms with Crippen molar-refractivity contribution in [2.45, 2.75) is 0 Å². The van der Waals surface area contributed by atoms with E-state index in [9.17, 15) is 4.79 Å². The lowest BCUT2D eigenvalue weighted by molar-refractivity contribution is 0.0938. The Morgan fingerprint density at radius 3 is 2.77 bits per heavy atom. The Balaban J connectivity index is 0.00000176. The molecule has 2 N–H and O–H groups in total. The van der Waals surface area contributed by atoms with Crippen LogP contribution in [0.2, 0.25) is 10.0 Å². The van der Waals surface area contributed by atoms with E-state index < -0.39 is 0 Å². The first-order valence-corrected chi connectivity index (χ1v) is 8.17. The second-order valence-electron chi connectivity index (χ2n) is 4.90. The van der Waals surface area contributed by atoms with E-state index in [1.807, 2.05) is 6.07 Å². The van der Waals surface area contributed by atoms with Gasteiger partial charge in [-0.25, -0.2) is 4.98 Å². The van der Waals surface area contributed by atoms with Crippen molar-refractivity contribution in [2.24, 2.45) is 5.92 Å². The van der Waals surface area contributed by atoms with Crippen molar-refractivity contribution in [1.29, 1.82) is 0 Å². The molecule has 0 atom stereocenters. The third kappa shape index (κ3) is 3.91. The van der Waals surface area contributed by atoms with E-state index in [-0.39, 0.29) is 18.3 Å². The molecule has 0 saturated carbocycles. The highest BCUT2D eigenvalue weighted by atomic mass is 35.5. The lowest BCUT2D eigenvalue weighted by Crippen LogP contribution is -2.48. The summed E-state index contributed by atoms with van der Waals surface area (Å²) in [6.07, 6.45) is 0. The van der Waals surface area contributed by atoms with Gasteiger partial charge in [0, 0.05) is 36.5 Å². The summed E-state index contributed by atoms with van der Waals surface area (Å²) < 4.78 is 0. The van der Waals surface area contributed by atoms with Gasteiger partial charge in [-0.2, -0.15) is 0 Å². The number of thiazole rings is 1. The fraction of sp³-hybridized carbons (Fsp3) is 0.286. The predicted octanol–water partition coefficient (Wildman–Crippen LogP) is 3.49. The average Bonchev–Trinajstić information content (AvgIpc) is 2.89. The van der Waals surface area contributed by atoms with Crippen LogP contribution in [0.3, 0.4) is 0 Å². The van der Waals surface area contributed by atoms with Gasteiger partial charge in [0.2, 0.25) is 0 Å². The topological polar surface area (TPSA) is 54.0 Å². The molecule has 0 bridgehead atoms. The fourth-order valence-corrected chi connectivity index (χ4v) is 3.06. The van der Waals surface area contributed by atoms with Gasteiger partial charge in [-0.05, 0) is 12.1 Å². The Morgan fingerprint density at radius 2 is 2.14 bits per heavy atom. The van der Waals surface area contributed by atoms with Crippen molar-refractivity contribution >= 4 is 52.9 Å². The number of rotatable bonds is 4. The third-order valence-corrected chi connectivity index (χ3v) is 4.95. The molecule has 1 aromatic carbocycles. The minimum absolute atomic E-state index is 0. The van der Waals surface area contributed by atoms with Crippen LogP contribution in [0, 0.1) is 5.92 Å². The molecule has 1 saturated heterocycles. The molecule has 1 amide bonds. The summed E-state index contributed by atoms with van der Waals surface area (Å²) in [6.45, 7) is 2.61. The largest absolute Gasteiger partial charge is 0.350 e. The first-order chi connectivity index (χ1) is 10.1. The molecule has 0 unspecified atom stereocenters. The summed E-state index contributed by atoms with van der Waals surface area (Å²) in [5, 5.41) is 9.57. The maximum absolute atomic E-state index is 12.0. The Kier molecular flexibility index (Phi) is 6.06. The van der Waals surface area contributed by atoms with E-state index in [2.05, 4.69) is 15.6 Å². The number of hydrogen-bond donors (Lipinski definition) is 2. The Morgan fingerprint density at radius 1 is 1.36 bits per heavy atom. The van der Waals surface area contributed by atoms with Gasteiger partial charge in [-0.3, -0.25) is 4.79 Å². The second kappa shape index (κ2) is 7.62. The summed E-state index contributed by atoms with van der Waals surface area (Å²) in [5.41, 5.74) is 1.30. The molecular formula is C14H14Cl3N3OS. The van der Waals surface area contributed by atoms with Gasteiger partial charge in [0.25, 0.3) is 5.91 Å². The van der Waals surface area contributed by atoms with Crippen molar-refractivity contribution in [3.63, 3.8) is 0 Å². The zero-order valence-corrected chi connectivity index (χ0v) is 14.6. The zero-order valence-electron chi connectivity index (χ0n) is 11.4. The standard InChI is InChI=1S/C14H13Cl2N3OS.ClH/c15-10-2-1-9(3-11(10)16)14-19-12(7-21-14)13(20)18-6-8-4-17-5-8;/h1-3,7-8,17H,4-6H2,(H,18,20);1H.